The summed E-state index contributed by atoms with van der Waals surface area (Å²) in [4.78, 5) is 4.24. The number of hydrogen-bond donors (Lipinski definition) is 0. The number of nitrogens with zero attached hydrogens (tertiary/aromatic N) is 2. The van der Waals surface area contributed by atoms with Gasteiger partial charge < -0.3 is 8.71 Å². The third-order valence-electron chi connectivity index (χ3n) is 3.68. The summed E-state index contributed by atoms with van der Waals surface area (Å²) in [6, 6.07) is 13.2. The second-order valence-electron chi connectivity index (χ2n) is 5.92. The maximum Gasteiger partial charge on any atom is 0.339 e. The third-order valence-corrected chi connectivity index (χ3v) is 4.94. The number of aromatic nitrogens is 2. The summed E-state index contributed by atoms with van der Waals surface area (Å²) < 4.78 is 34.9. The highest BCUT2D eigenvalue weighted by molar-refractivity contribution is 7.87. The molecule has 1 heterocycles. The van der Waals surface area contributed by atoms with Crippen molar-refractivity contribution in [3.05, 3.63) is 60.0 Å². The van der Waals surface area contributed by atoms with Crippen LogP contribution in [0.1, 0.15) is 31.2 Å². The topological polar surface area (TPSA) is 82.3 Å². The van der Waals surface area contributed by atoms with Crippen molar-refractivity contribution in [2.45, 2.75) is 31.6 Å². The van der Waals surface area contributed by atoms with Gasteiger partial charge in [0, 0.05) is 12.5 Å². The Labute approximate surface area is 146 Å². The number of aryl methyl sites for hydroxylation is 1. The molecular formula is C18H18N2O4S. The second kappa shape index (κ2) is 6.68. The van der Waals surface area contributed by atoms with E-state index < -0.39 is 10.1 Å². The van der Waals surface area contributed by atoms with E-state index in [9.17, 15) is 8.42 Å². The van der Waals surface area contributed by atoms with Crippen LogP contribution in [0.25, 0.3) is 11.4 Å². The molecule has 0 spiro atoms. The average Bonchev–Trinajstić information content (AvgIpc) is 3.02. The predicted octanol–water partition coefficient (Wildman–Crippen LogP) is 3.94. The Balaban J connectivity index is 1.78. The number of hydrogen-bond acceptors (Lipinski definition) is 6. The van der Waals surface area contributed by atoms with Gasteiger partial charge in [0.1, 0.15) is 10.6 Å². The van der Waals surface area contributed by atoms with Crippen molar-refractivity contribution in [2.24, 2.45) is 0 Å². The van der Waals surface area contributed by atoms with Crippen molar-refractivity contribution in [2.75, 3.05) is 0 Å². The lowest BCUT2D eigenvalue weighted by molar-refractivity contribution is 0.394. The average molecular weight is 358 g/mol. The van der Waals surface area contributed by atoms with E-state index in [0.717, 1.165) is 5.56 Å². The van der Waals surface area contributed by atoms with Crippen LogP contribution < -0.4 is 4.18 Å². The molecule has 0 unspecified atom stereocenters. The lowest BCUT2D eigenvalue weighted by Crippen LogP contribution is -2.09. The van der Waals surface area contributed by atoms with Gasteiger partial charge in [-0.2, -0.15) is 13.4 Å². The Morgan fingerprint density at radius 1 is 1.00 bits per heavy atom. The van der Waals surface area contributed by atoms with Crippen LogP contribution in [0, 0.1) is 6.92 Å². The van der Waals surface area contributed by atoms with Crippen molar-refractivity contribution in [3.8, 4) is 17.1 Å². The Bertz CT molecular complexity index is 959. The van der Waals surface area contributed by atoms with E-state index in [4.69, 9.17) is 8.71 Å². The first-order chi connectivity index (χ1) is 11.8. The number of benzene rings is 2. The monoisotopic (exact) mass is 358 g/mol. The van der Waals surface area contributed by atoms with Crippen molar-refractivity contribution in [1.82, 2.24) is 10.1 Å². The van der Waals surface area contributed by atoms with Gasteiger partial charge in [-0.1, -0.05) is 31.1 Å². The van der Waals surface area contributed by atoms with Crippen molar-refractivity contribution < 1.29 is 17.1 Å². The van der Waals surface area contributed by atoms with Crippen LogP contribution >= 0.6 is 0 Å². The largest absolute Gasteiger partial charge is 0.379 e. The van der Waals surface area contributed by atoms with Crippen LogP contribution in [0.5, 0.6) is 5.75 Å². The van der Waals surface area contributed by atoms with Crippen LogP contribution in [-0.4, -0.2) is 18.6 Å². The van der Waals surface area contributed by atoms with E-state index in [1.54, 1.807) is 55.5 Å². The summed E-state index contributed by atoms with van der Waals surface area (Å²) in [7, 11) is -3.88. The van der Waals surface area contributed by atoms with E-state index >= 15 is 0 Å². The standard InChI is InChI=1S/C18H18N2O4S/c1-12(2)14-6-10-17(11-7-14)25(21,22)24-16-8-4-15(5-9-16)18-19-13(3)23-20-18/h4-12H,1-3H3. The van der Waals surface area contributed by atoms with E-state index in [0.29, 0.717) is 23.2 Å². The summed E-state index contributed by atoms with van der Waals surface area (Å²) in [6.07, 6.45) is 0. The summed E-state index contributed by atoms with van der Waals surface area (Å²) in [5.74, 6) is 1.45. The molecule has 0 radical (unpaired) electrons. The Morgan fingerprint density at radius 2 is 1.64 bits per heavy atom. The molecule has 0 aliphatic heterocycles. The van der Waals surface area contributed by atoms with Crippen molar-refractivity contribution in [1.29, 1.82) is 0 Å². The van der Waals surface area contributed by atoms with E-state index in [2.05, 4.69) is 10.1 Å². The van der Waals surface area contributed by atoms with Gasteiger partial charge in [0.25, 0.3) is 0 Å². The highest BCUT2D eigenvalue weighted by Crippen LogP contribution is 2.24. The van der Waals surface area contributed by atoms with Crippen LogP contribution in [0.2, 0.25) is 0 Å². The normalized spacial score (nSPS) is 11.7. The Morgan fingerprint density at radius 3 is 2.16 bits per heavy atom. The molecular weight excluding hydrogens is 340 g/mol. The zero-order valence-electron chi connectivity index (χ0n) is 14.1. The lowest BCUT2D eigenvalue weighted by atomic mass is 10.0. The maximum absolute atomic E-state index is 12.4. The Kier molecular flexibility index (Phi) is 4.59. The fourth-order valence-corrected chi connectivity index (χ4v) is 3.20. The van der Waals surface area contributed by atoms with E-state index in [1.807, 2.05) is 13.8 Å². The molecule has 0 saturated heterocycles. The van der Waals surface area contributed by atoms with Gasteiger partial charge in [-0.15, -0.1) is 0 Å². The summed E-state index contributed by atoms with van der Waals surface area (Å²) in [5.41, 5.74) is 1.78. The molecule has 25 heavy (non-hydrogen) atoms. The quantitative estimate of drug-likeness (QED) is 0.643. The molecule has 0 N–H and O–H groups in total. The van der Waals surface area contributed by atoms with E-state index in [1.165, 1.54) is 0 Å². The smallest absolute Gasteiger partial charge is 0.339 e. The van der Waals surface area contributed by atoms with Gasteiger partial charge in [0.05, 0.1) is 0 Å². The lowest BCUT2D eigenvalue weighted by Gasteiger charge is -2.09. The van der Waals surface area contributed by atoms with Crippen LogP contribution in [0.15, 0.2) is 57.9 Å². The summed E-state index contributed by atoms with van der Waals surface area (Å²) in [6.45, 7) is 5.80. The molecule has 0 fully saturated rings. The zero-order chi connectivity index (χ0) is 18.0. The molecule has 0 amide bonds. The van der Waals surface area contributed by atoms with Gasteiger partial charge in [-0.05, 0) is 47.9 Å². The first kappa shape index (κ1) is 17.2. The molecule has 0 aliphatic carbocycles. The molecule has 0 aliphatic rings. The fourth-order valence-electron chi connectivity index (χ4n) is 2.27. The molecule has 2 aromatic carbocycles. The second-order valence-corrected chi connectivity index (χ2v) is 7.47. The molecule has 0 bridgehead atoms. The molecule has 130 valence electrons. The van der Waals surface area contributed by atoms with Gasteiger partial charge in [-0.25, -0.2) is 0 Å². The summed E-state index contributed by atoms with van der Waals surface area (Å²) >= 11 is 0. The van der Waals surface area contributed by atoms with Crippen LogP contribution in [-0.2, 0) is 10.1 Å². The first-order valence-corrected chi connectivity index (χ1v) is 9.21. The van der Waals surface area contributed by atoms with Gasteiger partial charge in [0.2, 0.25) is 11.7 Å². The van der Waals surface area contributed by atoms with Crippen LogP contribution in [0.4, 0.5) is 0 Å². The van der Waals surface area contributed by atoms with Gasteiger partial charge in [0.15, 0.2) is 0 Å². The third kappa shape index (κ3) is 3.88. The van der Waals surface area contributed by atoms with Gasteiger partial charge >= 0.3 is 10.1 Å². The van der Waals surface area contributed by atoms with Crippen LogP contribution in [0.3, 0.4) is 0 Å². The highest BCUT2D eigenvalue weighted by atomic mass is 32.2. The van der Waals surface area contributed by atoms with Crippen molar-refractivity contribution in [3.63, 3.8) is 0 Å². The molecule has 3 aromatic rings. The highest BCUT2D eigenvalue weighted by Gasteiger charge is 2.17. The molecule has 0 saturated carbocycles. The Hall–Kier alpha value is -2.67. The summed E-state index contributed by atoms with van der Waals surface area (Å²) in [5, 5.41) is 3.82. The first-order valence-electron chi connectivity index (χ1n) is 7.80. The molecule has 7 heteroatoms. The molecule has 6 nitrogen and oxygen atoms in total. The minimum atomic E-state index is -3.88. The minimum absolute atomic E-state index is 0.120. The number of rotatable bonds is 5. The van der Waals surface area contributed by atoms with Crippen molar-refractivity contribution >= 4 is 10.1 Å². The van der Waals surface area contributed by atoms with E-state index in [-0.39, 0.29) is 10.6 Å². The SMILES string of the molecule is Cc1nc(-c2ccc(OS(=O)(=O)c3ccc(C(C)C)cc3)cc2)no1. The fraction of sp³-hybridized carbons (Fsp3) is 0.222. The molecule has 3 rings (SSSR count). The molecule has 1 aromatic heterocycles. The molecule has 0 atom stereocenters. The van der Waals surface area contributed by atoms with Gasteiger partial charge in [-0.3, -0.25) is 0 Å². The zero-order valence-corrected chi connectivity index (χ0v) is 14.9. The minimum Gasteiger partial charge on any atom is -0.379 e. The predicted molar refractivity (Wildman–Crippen MR) is 92.8 cm³/mol. The maximum atomic E-state index is 12.4.